The molecular weight excluding hydrogens is 270 g/mol. The Hall–Kier alpha value is -2.89. The highest BCUT2D eigenvalue weighted by Gasteiger charge is 2.10. The average molecular weight is 283 g/mol. The van der Waals surface area contributed by atoms with Gasteiger partial charge in [-0.05, 0) is 23.8 Å². The Bertz CT molecular complexity index is 794. The molecule has 0 saturated carbocycles. The first-order valence-corrected chi connectivity index (χ1v) is 6.39. The predicted molar refractivity (Wildman–Crippen MR) is 78.5 cm³/mol. The Kier molecular flexibility index (Phi) is 3.27. The average Bonchev–Trinajstić information content (AvgIpc) is 2.90. The van der Waals surface area contributed by atoms with Gasteiger partial charge in [-0.1, -0.05) is 12.1 Å². The molecular formula is C15H13N3O3. The number of non-ortho nitro benzene ring substituents is 1. The van der Waals surface area contributed by atoms with Crippen LogP contribution in [0.3, 0.4) is 0 Å². The molecule has 0 aliphatic carbocycles. The Morgan fingerprint density at radius 3 is 2.67 bits per heavy atom. The van der Waals surface area contributed by atoms with E-state index in [0.717, 1.165) is 16.8 Å². The van der Waals surface area contributed by atoms with E-state index in [1.165, 1.54) is 12.1 Å². The number of nitrogens with zero attached hydrogens (tertiary/aromatic N) is 3. The third-order valence-corrected chi connectivity index (χ3v) is 3.33. The van der Waals surface area contributed by atoms with E-state index in [0.29, 0.717) is 12.1 Å². The fraction of sp³-hybridized carbons (Fsp3) is 0.133. The third kappa shape index (κ3) is 2.55. The summed E-state index contributed by atoms with van der Waals surface area (Å²) in [5, 5.41) is 10.8. The summed E-state index contributed by atoms with van der Waals surface area (Å²) in [7, 11) is 1.63. The van der Waals surface area contributed by atoms with E-state index in [1.807, 2.05) is 28.8 Å². The SMILES string of the molecule is COc1ccc(Cn2cnc3cc([N+](=O)[O-])ccc32)cc1. The van der Waals surface area contributed by atoms with Gasteiger partial charge in [-0.15, -0.1) is 0 Å². The van der Waals surface area contributed by atoms with Crippen molar-refractivity contribution in [3.8, 4) is 5.75 Å². The van der Waals surface area contributed by atoms with Crippen molar-refractivity contribution in [2.24, 2.45) is 0 Å². The van der Waals surface area contributed by atoms with E-state index >= 15 is 0 Å². The Morgan fingerprint density at radius 1 is 1.24 bits per heavy atom. The smallest absolute Gasteiger partial charge is 0.271 e. The van der Waals surface area contributed by atoms with Crippen LogP contribution in [0.15, 0.2) is 48.8 Å². The molecule has 0 N–H and O–H groups in total. The molecule has 6 nitrogen and oxygen atoms in total. The highest BCUT2D eigenvalue weighted by molar-refractivity contribution is 5.78. The Labute approximate surface area is 120 Å². The second-order valence-electron chi connectivity index (χ2n) is 4.65. The molecule has 1 heterocycles. The van der Waals surface area contributed by atoms with Gasteiger partial charge in [0.05, 0.1) is 29.4 Å². The second kappa shape index (κ2) is 5.24. The number of nitro benzene ring substituents is 1. The third-order valence-electron chi connectivity index (χ3n) is 3.33. The summed E-state index contributed by atoms with van der Waals surface area (Å²) in [6.07, 6.45) is 1.69. The van der Waals surface area contributed by atoms with Gasteiger partial charge in [-0.3, -0.25) is 10.1 Å². The minimum absolute atomic E-state index is 0.0530. The lowest BCUT2D eigenvalue weighted by Gasteiger charge is -2.06. The van der Waals surface area contributed by atoms with Gasteiger partial charge in [-0.2, -0.15) is 0 Å². The quantitative estimate of drug-likeness (QED) is 0.545. The molecule has 2 aromatic carbocycles. The summed E-state index contributed by atoms with van der Waals surface area (Å²) in [6.45, 7) is 0.651. The number of aromatic nitrogens is 2. The van der Waals surface area contributed by atoms with E-state index in [9.17, 15) is 10.1 Å². The van der Waals surface area contributed by atoms with Gasteiger partial charge in [0, 0.05) is 18.7 Å². The van der Waals surface area contributed by atoms with Crippen molar-refractivity contribution in [2.75, 3.05) is 7.11 Å². The highest BCUT2D eigenvalue weighted by atomic mass is 16.6. The number of fused-ring (bicyclic) bond motifs is 1. The Balaban J connectivity index is 1.91. The molecule has 106 valence electrons. The highest BCUT2D eigenvalue weighted by Crippen LogP contribution is 2.21. The van der Waals surface area contributed by atoms with Crippen LogP contribution >= 0.6 is 0 Å². The van der Waals surface area contributed by atoms with Crippen LogP contribution in [0.5, 0.6) is 5.75 Å². The van der Waals surface area contributed by atoms with Crippen LogP contribution in [0.4, 0.5) is 5.69 Å². The number of rotatable bonds is 4. The molecule has 0 atom stereocenters. The largest absolute Gasteiger partial charge is 0.497 e. The van der Waals surface area contributed by atoms with E-state index in [2.05, 4.69) is 4.98 Å². The first-order chi connectivity index (χ1) is 10.2. The van der Waals surface area contributed by atoms with Gasteiger partial charge in [-0.25, -0.2) is 4.98 Å². The number of imidazole rings is 1. The molecule has 3 rings (SSSR count). The summed E-state index contributed by atoms with van der Waals surface area (Å²) < 4.78 is 7.09. The van der Waals surface area contributed by atoms with Crippen molar-refractivity contribution in [1.29, 1.82) is 0 Å². The van der Waals surface area contributed by atoms with E-state index in [-0.39, 0.29) is 5.69 Å². The van der Waals surface area contributed by atoms with Gasteiger partial charge in [0.1, 0.15) is 5.75 Å². The Morgan fingerprint density at radius 2 is 2.00 bits per heavy atom. The fourth-order valence-corrected chi connectivity index (χ4v) is 2.22. The van der Waals surface area contributed by atoms with Crippen LogP contribution in [0.25, 0.3) is 11.0 Å². The van der Waals surface area contributed by atoms with E-state index in [4.69, 9.17) is 4.74 Å². The molecule has 0 aliphatic heterocycles. The van der Waals surface area contributed by atoms with E-state index in [1.54, 1.807) is 19.5 Å². The van der Waals surface area contributed by atoms with Gasteiger partial charge in [0.2, 0.25) is 0 Å². The van der Waals surface area contributed by atoms with Gasteiger partial charge in [0.25, 0.3) is 5.69 Å². The molecule has 0 amide bonds. The lowest BCUT2D eigenvalue weighted by atomic mass is 10.2. The zero-order valence-electron chi connectivity index (χ0n) is 11.4. The molecule has 0 saturated heterocycles. The van der Waals surface area contributed by atoms with Crippen molar-refractivity contribution in [1.82, 2.24) is 9.55 Å². The summed E-state index contributed by atoms with van der Waals surface area (Å²) in [5.41, 5.74) is 2.65. The minimum atomic E-state index is -0.415. The summed E-state index contributed by atoms with van der Waals surface area (Å²) in [5.74, 6) is 0.810. The molecule has 3 aromatic rings. The van der Waals surface area contributed by atoms with Crippen LogP contribution in [0, 0.1) is 10.1 Å². The fourth-order valence-electron chi connectivity index (χ4n) is 2.22. The molecule has 0 unspecified atom stereocenters. The van der Waals surface area contributed by atoms with Crippen LogP contribution < -0.4 is 4.74 Å². The van der Waals surface area contributed by atoms with Crippen molar-refractivity contribution in [3.63, 3.8) is 0 Å². The second-order valence-corrected chi connectivity index (χ2v) is 4.65. The standard InChI is InChI=1S/C15H13N3O3/c1-21-13-5-2-11(3-6-13)9-17-10-16-14-8-12(18(19)20)4-7-15(14)17/h2-8,10H,9H2,1H3. The minimum Gasteiger partial charge on any atom is -0.497 e. The number of methoxy groups -OCH3 is 1. The lowest BCUT2D eigenvalue weighted by Crippen LogP contribution is -1.98. The monoisotopic (exact) mass is 283 g/mol. The number of ether oxygens (including phenoxy) is 1. The summed E-state index contributed by atoms with van der Waals surface area (Å²) >= 11 is 0. The maximum absolute atomic E-state index is 10.8. The molecule has 21 heavy (non-hydrogen) atoms. The molecule has 0 bridgehead atoms. The normalized spacial score (nSPS) is 10.7. The van der Waals surface area contributed by atoms with Crippen LogP contribution in [0.2, 0.25) is 0 Å². The molecule has 1 aromatic heterocycles. The number of hydrogen-bond donors (Lipinski definition) is 0. The van der Waals surface area contributed by atoms with Gasteiger partial charge in [0.15, 0.2) is 0 Å². The molecule has 0 aliphatic rings. The molecule has 0 fully saturated rings. The zero-order chi connectivity index (χ0) is 14.8. The zero-order valence-corrected chi connectivity index (χ0v) is 11.4. The first kappa shape index (κ1) is 13.1. The topological polar surface area (TPSA) is 70.2 Å². The van der Waals surface area contributed by atoms with Crippen LogP contribution in [-0.2, 0) is 6.54 Å². The molecule has 6 heteroatoms. The van der Waals surface area contributed by atoms with Crippen LogP contribution in [-0.4, -0.2) is 21.6 Å². The maximum Gasteiger partial charge on any atom is 0.271 e. The van der Waals surface area contributed by atoms with Gasteiger partial charge >= 0.3 is 0 Å². The van der Waals surface area contributed by atoms with Crippen LogP contribution in [0.1, 0.15) is 5.56 Å². The first-order valence-electron chi connectivity index (χ1n) is 6.39. The number of nitro groups is 1. The number of hydrogen-bond acceptors (Lipinski definition) is 4. The van der Waals surface area contributed by atoms with Crippen molar-refractivity contribution >= 4 is 16.7 Å². The van der Waals surface area contributed by atoms with E-state index < -0.39 is 4.92 Å². The maximum atomic E-state index is 10.8. The number of benzene rings is 2. The molecule has 0 spiro atoms. The van der Waals surface area contributed by atoms with Crippen molar-refractivity contribution < 1.29 is 9.66 Å². The van der Waals surface area contributed by atoms with Gasteiger partial charge < -0.3 is 9.30 Å². The molecule has 0 radical (unpaired) electrons. The summed E-state index contributed by atoms with van der Waals surface area (Å²) in [6, 6.07) is 12.5. The summed E-state index contributed by atoms with van der Waals surface area (Å²) in [4.78, 5) is 14.6. The predicted octanol–water partition coefficient (Wildman–Crippen LogP) is 3.00. The lowest BCUT2D eigenvalue weighted by molar-refractivity contribution is -0.384. The van der Waals surface area contributed by atoms with Crippen molar-refractivity contribution in [3.05, 3.63) is 64.5 Å². The van der Waals surface area contributed by atoms with Crippen molar-refractivity contribution in [2.45, 2.75) is 6.54 Å².